The van der Waals surface area contributed by atoms with Crippen LogP contribution in [0.15, 0.2) is 29.2 Å². The van der Waals surface area contributed by atoms with Crippen LogP contribution >= 0.6 is 0 Å². The molecule has 0 aliphatic rings. The topological polar surface area (TPSA) is 83.5 Å². The average molecular weight is 299 g/mol. The van der Waals surface area contributed by atoms with Crippen LogP contribution in [0.2, 0.25) is 0 Å². The highest BCUT2D eigenvalue weighted by Gasteiger charge is 2.05. The molecule has 5 nitrogen and oxygen atoms in total. The molecule has 0 atom stereocenters. The van der Waals surface area contributed by atoms with E-state index in [1.54, 1.807) is 24.3 Å². The summed E-state index contributed by atoms with van der Waals surface area (Å²) < 4.78 is 22.6. The van der Waals surface area contributed by atoms with Crippen LogP contribution in [0, 0.1) is 0 Å². The summed E-state index contributed by atoms with van der Waals surface area (Å²) in [6, 6.07) is 6.68. The summed E-state index contributed by atoms with van der Waals surface area (Å²) in [7, 11) is -3.14. The smallest absolute Gasteiger partial charge is 0.303 e. The van der Waals surface area contributed by atoms with E-state index in [1.165, 1.54) is 6.26 Å². The molecule has 0 heterocycles. The summed E-state index contributed by atoms with van der Waals surface area (Å²) in [6.07, 6.45) is 5.02. The minimum Gasteiger partial charge on any atom is -0.481 e. The summed E-state index contributed by atoms with van der Waals surface area (Å²) in [6.45, 7) is 0.797. The number of anilines is 1. The molecule has 1 aromatic rings. The number of carboxylic acids is 1. The number of rotatable bonds is 9. The Balaban J connectivity index is 2.21. The molecule has 0 saturated heterocycles. The monoisotopic (exact) mass is 299 g/mol. The van der Waals surface area contributed by atoms with E-state index in [9.17, 15) is 13.2 Å². The Labute approximate surface area is 119 Å². The average Bonchev–Trinajstić information content (AvgIpc) is 2.37. The Hall–Kier alpha value is -1.56. The van der Waals surface area contributed by atoms with E-state index in [0.29, 0.717) is 4.90 Å². The lowest BCUT2D eigenvalue weighted by Crippen LogP contribution is -2.02. The molecule has 6 heteroatoms. The van der Waals surface area contributed by atoms with Gasteiger partial charge in [0.05, 0.1) is 4.90 Å². The number of sulfone groups is 1. The highest BCUT2D eigenvalue weighted by molar-refractivity contribution is 7.90. The summed E-state index contributed by atoms with van der Waals surface area (Å²) >= 11 is 0. The fourth-order valence-corrected chi connectivity index (χ4v) is 2.44. The Morgan fingerprint density at radius 1 is 1.10 bits per heavy atom. The summed E-state index contributed by atoms with van der Waals surface area (Å²) in [5, 5.41) is 11.7. The molecular weight excluding hydrogens is 278 g/mol. The number of unbranched alkanes of at least 4 members (excludes halogenated alkanes) is 3. The molecule has 1 rings (SSSR count). The standard InChI is InChI=1S/C14H21NO4S/c1-20(18,19)13-9-7-12(8-10-13)15-11-5-3-2-4-6-14(16)17/h7-10,15H,2-6,11H2,1H3,(H,16,17). The van der Waals surface area contributed by atoms with E-state index < -0.39 is 15.8 Å². The van der Waals surface area contributed by atoms with Gasteiger partial charge in [0.15, 0.2) is 9.84 Å². The van der Waals surface area contributed by atoms with Gasteiger partial charge in [-0.25, -0.2) is 8.42 Å². The van der Waals surface area contributed by atoms with Crippen LogP contribution in [0.5, 0.6) is 0 Å². The van der Waals surface area contributed by atoms with Crippen LogP contribution in [0.25, 0.3) is 0 Å². The Bertz CT molecular complexity index is 523. The molecule has 0 unspecified atom stereocenters. The predicted octanol–water partition coefficient (Wildman–Crippen LogP) is 2.54. The highest BCUT2D eigenvalue weighted by atomic mass is 32.2. The van der Waals surface area contributed by atoms with Crippen molar-refractivity contribution in [2.75, 3.05) is 18.1 Å². The van der Waals surface area contributed by atoms with Crippen LogP contribution < -0.4 is 5.32 Å². The minimum absolute atomic E-state index is 0.236. The van der Waals surface area contributed by atoms with E-state index in [4.69, 9.17) is 5.11 Å². The molecule has 0 radical (unpaired) electrons. The largest absolute Gasteiger partial charge is 0.481 e. The van der Waals surface area contributed by atoms with Crippen molar-refractivity contribution >= 4 is 21.5 Å². The molecule has 0 aliphatic heterocycles. The first-order valence-corrected chi connectivity index (χ1v) is 8.54. The third-order valence-electron chi connectivity index (χ3n) is 2.93. The molecule has 0 amide bonds. The van der Waals surface area contributed by atoms with Gasteiger partial charge in [0.1, 0.15) is 0 Å². The van der Waals surface area contributed by atoms with E-state index >= 15 is 0 Å². The van der Waals surface area contributed by atoms with Crippen molar-refractivity contribution in [2.24, 2.45) is 0 Å². The van der Waals surface area contributed by atoms with Gasteiger partial charge < -0.3 is 10.4 Å². The number of carboxylic acid groups (broad SMARTS) is 1. The van der Waals surface area contributed by atoms with Gasteiger partial charge in [-0.1, -0.05) is 12.8 Å². The van der Waals surface area contributed by atoms with Crippen molar-refractivity contribution in [1.29, 1.82) is 0 Å². The van der Waals surface area contributed by atoms with E-state index in [0.717, 1.165) is 37.9 Å². The SMILES string of the molecule is CS(=O)(=O)c1ccc(NCCCCCCC(=O)O)cc1. The van der Waals surface area contributed by atoms with Crippen molar-refractivity contribution in [3.63, 3.8) is 0 Å². The van der Waals surface area contributed by atoms with Crippen LogP contribution in [-0.4, -0.2) is 32.3 Å². The zero-order valence-corrected chi connectivity index (χ0v) is 12.4. The first kappa shape index (κ1) is 16.5. The van der Waals surface area contributed by atoms with Gasteiger partial charge in [-0.3, -0.25) is 4.79 Å². The zero-order valence-electron chi connectivity index (χ0n) is 11.6. The maximum atomic E-state index is 11.3. The van der Waals surface area contributed by atoms with Crippen molar-refractivity contribution in [3.05, 3.63) is 24.3 Å². The number of hydrogen-bond donors (Lipinski definition) is 2. The fourth-order valence-electron chi connectivity index (χ4n) is 1.81. The normalized spacial score (nSPS) is 11.2. The lowest BCUT2D eigenvalue weighted by Gasteiger charge is -2.07. The van der Waals surface area contributed by atoms with Crippen LogP contribution in [-0.2, 0) is 14.6 Å². The maximum absolute atomic E-state index is 11.3. The third-order valence-corrected chi connectivity index (χ3v) is 4.06. The molecule has 112 valence electrons. The minimum atomic E-state index is -3.14. The van der Waals surface area contributed by atoms with E-state index in [-0.39, 0.29) is 6.42 Å². The number of benzene rings is 1. The van der Waals surface area contributed by atoms with Gasteiger partial charge in [-0.05, 0) is 37.1 Å². The van der Waals surface area contributed by atoms with Crippen LogP contribution in [0.1, 0.15) is 32.1 Å². The molecule has 0 fully saturated rings. The first-order valence-electron chi connectivity index (χ1n) is 6.65. The second-order valence-corrected chi connectivity index (χ2v) is 6.80. The van der Waals surface area contributed by atoms with Gasteiger partial charge in [-0.2, -0.15) is 0 Å². The second kappa shape index (κ2) is 7.89. The molecule has 0 aromatic heterocycles. The molecule has 20 heavy (non-hydrogen) atoms. The molecule has 0 spiro atoms. The maximum Gasteiger partial charge on any atom is 0.303 e. The molecule has 2 N–H and O–H groups in total. The van der Waals surface area contributed by atoms with Gasteiger partial charge in [0.2, 0.25) is 0 Å². The summed E-state index contributed by atoms with van der Waals surface area (Å²) in [4.78, 5) is 10.6. The number of nitrogens with one attached hydrogen (secondary N) is 1. The van der Waals surface area contributed by atoms with Gasteiger partial charge in [0.25, 0.3) is 0 Å². The van der Waals surface area contributed by atoms with Crippen LogP contribution in [0.3, 0.4) is 0 Å². The summed E-state index contributed by atoms with van der Waals surface area (Å²) in [5.41, 5.74) is 0.892. The Morgan fingerprint density at radius 3 is 2.25 bits per heavy atom. The van der Waals surface area contributed by atoms with Crippen molar-refractivity contribution < 1.29 is 18.3 Å². The highest BCUT2D eigenvalue weighted by Crippen LogP contribution is 2.14. The zero-order chi connectivity index (χ0) is 15.0. The summed E-state index contributed by atoms with van der Waals surface area (Å²) in [5.74, 6) is -0.742. The predicted molar refractivity (Wildman–Crippen MR) is 78.8 cm³/mol. The molecule has 0 bridgehead atoms. The Kier molecular flexibility index (Phi) is 6.51. The van der Waals surface area contributed by atoms with Gasteiger partial charge in [0, 0.05) is 24.9 Å². The third kappa shape index (κ3) is 6.56. The number of hydrogen-bond acceptors (Lipinski definition) is 4. The molecule has 0 saturated carbocycles. The fraction of sp³-hybridized carbons (Fsp3) is 0.500. The molecule has 1 aromatic carbocycles. The van der Waals surface area contributed by atoms with E-state index in [1.807, 2.05) is 0 Å². The quantitative estimate of drug-likeness (QED) is 0.685. The molecule has 0 aliphatic carbocycles. The van der Waals surface area contributed by atoms with Gasteiger partial charge >= 0.3 is 5.97 Å². The van der Waals surface area contributed by atoms with Gasteiger partial charge in [-0.15, -0.1) is 0 Å². The van der Waals surface area contributed by atoms with Crippen molar-refractivity contribution in [2.45, 2.75) is 37.0 Å². The molecular formula is C14H21NO4S. The second-order valence-electron chi connectivity index (χ2n) is 4.78. The number of aliphatic carboxylic acids is 1. The first-order chi connectivity index (χ1) is 9.39. The Morgan fingerprint density at radius 2 is 1.70 bits per heavy atom. The van der Waals surface area contributed by atoms with Crippen molar-refractivity contribution in [3.8, 4) is 0 Å². The number of carbonyl (C=O) groups is 1. The van der Waals surface area contributed by atoms with Crippen molar-refractivity contribution in [1.82, 2.24) is 0 Å². The van der Waals surface area contributed by atoms with E-state index in [2.05, 4.69) is 5.32 Å². The lowest BCUT2D eigenvalue weighted by molar-refractivity contribution is -0.137. The lowest BCUT2D eigenvalue weighted by atomic mass is 10.1. The van der Waals surface area contributed by atoms with Crippen LogP contribution in [0.4, 0.5) is 5.69 Å².